The molecule has 0 unspecified atom stereocenters. The Bertz CT molecular complexity index is 914. The summed E-state index contributed by atoms with van der Waals surface area (Å²) in [6, 6.07) is 10.2. The van der Waals surface area contributed by atoms with Crippen LogP contribution in [0, 0.1) is 24.0 Å². The molecule has 0 radical (unpaired) electrons. The maximum atomic E-state index is 13.5. The van der Waals surface area contributed by atoms with Crippen LogP contribution in [0.25, 0.3) is 0 Å². The highest BCUT2D eigenvalue weighted by molar-refractivity contribution is 5.73. The van der Waals surface area contributed by atoms with Crippen molar-refractivity contribution in [1.29, 1.82) is 0 Å². The number of terminal acetylenes is 1. The number of hydrogen-bond donors (Lipinski definition) is 3. The lowest BCUT2D eigenvalue weighted by atomic mass is 9.98. The topological polar surface area (TPSA) is 61.4 Å². The first-order valence-electron chi connectivity index (χ1n) is 9.54. The molecule has 0 saturated heterocycles. The van der Waals surface area contributed by atoms with E-state index in [2.05, 4.69) is 16.6 Å². The van der Waals surface area contributed by atoms with Gasteiger partial charge in [0.15, 0.2) is 0 Å². The summed E-state index contributed by atoms with van der Waals surface area (Å²) in [6.07, 6.45) is 6.46. The molecule has 1 amide bonds. The van der Waals surface area contributed by atoms with Crippen molar-refractivity contribution < 1.29 is 18.7 Å². The van der Waals surface area contributed by atoms with Crippen molar-refractivity contribution in [2.24, 2.45) is 0 Å². The quantitative estimate of drug-likeness (QED) is 0.599. The van der Waals surface area contributed by atoms with Crippen LogP contribution >= 0.6 is 0 Å². The maximum absolute atomic E-state index is 13.5. The minimum Gasteiger partial charge on any atom is -0.390 e. The average Bonchev–Trinajstić information content (AvgIpc) is 3.46. The molecule has 0 heterocycles. The molecule has 6 heteroatoms. The van der Waals surface area contributed by atoms with Crippen molar-refractivity contribution >= 4 is 5.91 Å². The normalized spacial score (nSPS) is 16.5. The van der Waals surface area contributed by atoms with Crippen LogP contribution in [-0.2, 0) is 16.8 Å². The predicted molar refractivity (Wildman–Crippen MR) is 107 cm³/mol. The molecule has 0 aliphatic heterocycles. The third kappa shape index (κ3) is 5.41. The molecular formula is C23H24F2N2O2. The summed E-state index contributed by atoms with van der Waals surface area (Å²) in [5, 5.41) is 16.8. The SMILES string of the molecule is C#Cc1cccc(C2(NC[C@@H](O)[C@H](Cc3cc(F)cc(F)c3)NC(C)=O)CC2)c1. The van der Waals surface area contributed by atoms with Crippen LogP contribution in [0.2, 0.25) is 0 Å². The van der Waals surface area contributed by atoms with Crippen LogP contribution in [0.4, 0.5) is 8.78 Å². The van der Waals surface area contributed by atoms with Gasteiger partial charge < -0.3 is 15.7 Å². The van der Waals surface area contributed by atoms with E-state index in [1.165, 1.54) is 19.1 Å². The van der Waals surface area contributed by atoms with Gasteiger partial charge in [-0.2, -0.15) is 0 Å². The fourth-order valence-corrected chi connectivity index (χ4v) is 3.57. The van der Waals surface area contributed by atoms with Crippen LogP contribution < -0.4 is 10.6 Å². The van der Waals surface area contributed by atoms with Crippen molar-refractivity contribution in [2.45, 2.75) is 43.9 Å². The highest BCUT2D eigenvalue weighted by atomic mass is 19.1. The van der Waals surface area contributed by atoms with Crippen molar-refractivity contribution in [3.63, 3.8) is 0 Å². The number of amides is 1. The Morgan fingerprint density at radius 3 is 2.52 bits per heavy atom. The molecule has 2 aromatic rings. The number of benzene rings is 2. The van der Waals surface area contributed by atoms with Gasteiger partial charge in [-0.15, -0.1) is 6.42 Å². The number of hydrogen-bond acceptors (Lipinski definition) is 3. The molecule has 29 heavy (non-hydrogen) atoms. The number of aliphatic hydroxyl groups excluding tert-OH is 1. The number of carbonyl (C=O) groups excluding carboxylic acids is 1. The van der Waals surface area contributed by atoms with Gasteiger partial charge in [-0.3, -0.25) is 4.79 Å². The standard InChI is InChI=1S/C23H24F2N2O2/c1-3-16-5-4-6-18(9-16)23(7-8-23)26-14-22(29)21(27-15(2)28)12-17-10-19(24)13-20(25)11-17/h1,4-6,9-11,13,21-22,26,29H,7-8,12,14H2,2H3,(H,27,28)/t21-,22+/m0/s1. The number of nitrogens with one attached hydrogen (secondary N) is 2. The largest absolute Gasteiger partial charge is 0.390 e. The van der Waals surface area contributed by atoms with Gasteiger partial charge in [0.1, 0.15) is 11.6 Å². The lowest BCUT2D eigenvalue weighted by Gasteiger charge is -2.27. The lowest BCUT2D eigenvalue weighted by Crippen LogP contribution is -2.49. The van der Waals surface area contributed by atoms with E-state index in [0.29, 0.717) is 5.56 Å². The molecule has 0 spiro atoms. The fourth-order valence-electron chi connectivity index (χ4n) is 3.57. The lowest BCUT2D eigenvalue weighted by molar-refractivity contribution is -0.120. The smallest absolute Gasteiger partial charge is 0.217 e. The molecular weight excluding hydrogens is 374 g/mol. The zero-order valence-corrected chi connectivity index (χ0v) is 16.2. The summed E-state index contributed by atoms with van der Waals surface area (Å²) >= 11 is 0. The molecule has 4 nitrogen and oxygen atoms in total. The van der Waals surface area contributed by atoms with Gasteiger partial charge in [-0.1, -0.05) is 18.1 Å². The Morgan fingerprint density at radius 2 is 1.93 bits per heavy atom. The zero-order chi connectivity index (χ0) is 21.0. The molecule has 0 bridgehead atoms. The Morgan fingerprint density at radius 1 is 1.24 bits per heavy atom. The van der Waals surface area contributed by atoms with Gasteiger partial charge in [0.2, 0.25) is 5.91 Å². The van der Waals surface area contributed by atoms with Crippen LogP contribution in [0.1, 0.15) is 36.5 Å². The van der Waals surface area contributed by atoms with E-state index >= 15 is 0 Å². The van der Waals surface area contributed by atoms with Crippen LogP contribution in [0.3, 0.4) is 0 Å². The number of aliphatic hydroxyl groups is 1. The van der Waals surface area contributed by atoms with E-state index in [1.807, 2.05) is 24.3 Å². The second-order valence-electron chi connectivity index (χ2n) is 7.54. The molecule has 1 fully saturated rings. The minimum atomic E-state index is -0.946. The van der Waals surface area contributed by atoms with Gasteiger partial charge in [0.25, 0.3) is 0 Å². The number of halogens is 2. The van der Waals surface area contributed by atoms with E-state index in [1.54, 1.807) is 0 Å². The summed E-state index contributed by atoms with van der Waals surface area (Å²) in [6.45, 7) is 1.55. The summed E-state index contributed by atoms with van der Waals surface area (Å²) in [7, 11) is 0. The number of carbonyl (C=O) groups is 1. The summed E-state index contributed by atoms with van der Waals surface area (Å²) < 4.78 is 27.0. The molecule has 3 N–H and O–H groups in total. The van der Waals surface area contributed by atoms with Crippen molar-refractivity contribution in [2.75, 3.05) is 6.54 Å². The second-order valence-corrected chi connectivity index (χ2v) is 7.54. The minimum absolute atomic E-state index is 0.108. The highest BCUT2D eigenvalue weighted by Gasteiger charge is 2.44. The summed E-state index contributed by atoms with van der Waals surface area (Å²) in [4.78, 5) is 11.6. The molecule has 152 valence electrons. The van der Waals surface area contributed by atoms with E-state index in [4.69, 9.17) is 6.42 Å². The summed E-state index contributed by atoms with van der Waals surface area (Å²) in [5.41, 5.74) is 1.96. The van der Waals surface area contributed by atoms with Gasteiger partial charge in [0, 0.05) is 30.6 Å². The van der Waals surface area contributed by atoms with Crippen molar-refractivity contribution in [1.82, 2.24) is 10.6 Å². The zero-order valence-electron chi connectivity index (χ0n) is 16.2. The molecule has 2 aromatic carbocycles. The molecule has 1 saturated carbocycles. The highest BCUT2D eigenvalue weighted by Crippen LogP contribution is 2.45. The van der Waals surface area contributed by atoms with Gasteiger partial charge in [0.05, 0.1) is 12.1 Å². The third-order valence-electron chi connectivity index (χ3n) is 5.21. The fraction of sp³-hybridized carbons (Fsp3) is 0.348. The van der Waals surface area contributed by atoms with Crippen LogP contribution in [0.5, 0.6) is 0 Å². The average molecular weight is 398 g/mol. The van der Waals surface area contributed by atoms with E-state index in [9.17, 15) is 18.7 Å². The Balaban J connectivity index is 1.69. The molecule has 0 aromatic heterocycles. The van der Waals surface area contributed by atoms with E-state index < -0.39 is 23.8 Å². The van der Waals surface area contributed by atoms with E-state index in [0.717, 1.165) is 30.0 Å². The first-order valence-corrected chi connectivity index (χ1v) is 9.54. The van der Waals surface area contributed by atoms with Crippen molar-refractivity contribution in [3.8, 4) is 12.3 Å². The monoisotopic (exact) mass is 398 g/mol. The van der Waals surface area contributed by atoms with E-state index in [-0.39, 0.29) is 24.4 Å². The molecule has 1 aliphatic rings. The van der Waals surface area contributed by atoms with Crippen molar-refractivity contribution in [3.05, 3.63) is 70.8 Å². The van der Waals surface area contributed by atoms with Crippen LogP contribution in [-0.4, -0.2) is 29.7 Å². The molecule has 3 rings (SSSR count). The van der Waals surface area contributed by atoms with Gasteiger partial charge >= 0.3 is 0 Å². The van der Waals surface area contributed by atoms with Crippen LogP contribution in [0.15, 0.2) is 42.5 Å². The Kier molecular flexibility index (Phi) is 6.31. The van der Waals surface area contributed by atoms with Gasteiger partial charge in [-0.05, 0) is 54.7 Å². The second kappa shape index (κ2) is 8.73. The third-order valence-corrected chi connectivity index (χ3v) is 5.21. The summed E-state index contributed by atoms with van der Waals surface area (Å²) in [5.74, 6) is 0.907. The predicted octanol–water partition coefficient (Wildman–Crippen LogP) is 2.63. The number of rotatable bonds is 8. The Hall–Kier alpha value is -2.75. The molecule has 2 atom stereocenters. The molecule has 1 aliphatic carbocycles. The Labute approximate surface area is 169 Å². The first-order chi connectivity index (χ1) is 13.8. The maximum Gasteiger partial charge on any atom is 0.217 e. The van der Waals surface area contributed by atoms with Gasteiger partial charge in [-0.25, -0.2) is 8.78 Å². The first kappa shape index (κ1) is 21.0.